The highest BCUT2D eigenvalue weighted by Gasteiger charge is 2.21. The number of hydrogen-bond donors (Lipinski definition) is 2. The van der Waals surface area contributed by atoms with E-state index in [9.17, 15) is 4.79 Å². The molecule has 37 heavy (non-hydrogen) atoms. The van der Waals surface area contributed by atoms with E-state index in [-0.39, 0.29) is 5.91 Å². The maximum Gasteiger partial charge on any atom is 0.253 e. The van der Waals surface area contributed by atoms with Gasteiger partial charge in [0, 0.05) is 11.4 Å². The van der Waals surface area contributed by atoms with Gasteiger partial charge in [0.25, 0.3) is 5.91 Å². The Kier molecular flexibility index (Phi) is 8.58. The van der Waals surface area contributed by atoms with Crippen molar-refractivity contribution in [1.82, 2.24) is 20.2 Å². The third-order valence-electron chi connectivity index (χ3n) is 5.71. The van der Waals surface area contributed by atoms with Crippen LogP contribution in [-0.4, -0.2) is 38.7 Å². The minimum atomic E-state index is -0.441. The Labute approximate surface area is 221 Å². The number of para-hydroxylation sites is 1. The number of rotatable bonds is 10. The highest BCUT2D eigenvalue weighted by Crippen LogP contribution is 2.26. The normalized spacial score (nSPS) is 12.2. The standard InChI is InChI=1S/C28H30N6O2S/c1-19-10-12-22(13-11-19)20(2)30-32-27(35)21(3)37-28-33-31-26(34(28)24-8-6-5-7-9-24)18-29-23-14-16-25(36-4)17-15-23/h5-17,21,29H,18H2,1-4H3,(H,32,35)/b30-20-/t21-/m1/s1. The first-order chi connectivity index (χ1) is 17.9. The van der Waals surface area contributed by atoms with Gasteiger partial charge >= 0.3 is 0 Å². The minimum Gasteiger partial charge on any atom is -0.497 e. The molecule has 0 saturated carbocycles. The summed E-state index contributed by atoms with van der Waals surface area (Å²) in [6, 6.07) is 25.6. The first kappa shape index (κ1) is 26.0. The fourth-order valence-corrected chi connectivity index (χ4v) is 4.40. The van der Waals surface area contributed by atoms with Crippen molar-refractivity contribution in [2.24, 2.45) is 5.10 Å². The Morgan fingerprint density at radius 3 is 2.41 bits per heavy atom. The number of hydrazone groups is 1. The molecule has 0 saturated heterocycles. The fourth-order valence-electron chi connectivity index (χ4n) is 3.52. The van der Waals surface area contributed by atoms with Gasteiger partial charge in [0.15, 0.2) is 11.0 Å². The lowest BCUT2D eigenvalue weighted by Gasteiger charge is -2.14. The lowest BCUT2D eigenvalue weighted by molar-refractivity contribution is -0.120. The molecule has 1 atom stereocenters. The zero-order valence-corrected chi connectivity index (χ0v) is 22.1. The second kappa shape index (κ2) is 12.2. The molecule has 0 bridgehead atoms. The van der Waals surface area contributed by atoms with E-state index >= 15 is 0 Å². The summed E-state index contributed by atoms with van der Waals surface area (Å²) < 4.78 is 7.19. The third-order valence-corrected chi connectivity index (χ3v) is 6.75. The topological polar surface area (TPSA) is 93.4 Å². The second-order valence-corrected chi connectivity index (χ2v) is 9.76. The van der Waals surface area contributed by atoms with Gasteiger partial charge in [0.1, 0.15) is 5.75 Å². The molecular formula is C28H30N6O2S. The van der Waals surface area contributed by atoms with Crippen molar-refractivity contribution in [3.63, 3.8) is 0 Å². The summed E-state index contributed by atoms with van der Waals surface area (Å²) in [5.74, 6) is 1.31. The smallest absolute Gasteiger partial charge is 0.253 e. The molecule has 0 aliphatic heterocycles. The molecular weight excluding hydrogens is 484 g/mol. The number of ether oxygens (including phenoxy) is 1. The van der Waals surface area contributed by atoms with Gasteiger partial charge in [0.2, 0.25) is 0 Å². The van der Waals surface area contributed by atoms with Gasteiger partial charge in [-0.3, -0.25) is 9.36 Å². The average molecular weight is 515 g/mol. The van der Waals surface area contributed by atoms with Gasteiger partial charge in [-0.15, -0.1) is 10.2 Å². The third kappa shape index (κ3) is 6.77. The average Bonchev–Trinajstić information content (AvgIpc) is 3.33. The maximum absolute atomic E-state index is 12.8. The van der Waals surface area contributed by atoms with E-state index in [1.807, 2.05) is 104 Å². The summed E-state index contributed by atoms with van der Waals surface area (Å²) in [4.78, 5) is 12.8. The van der Waals surface area contributed by atoms with Crippen LogP contribution < -0.4 is 15.5 Å². The SMILES string of the molecule is COc1ccc(NCc2nnc(S[C@H](C)C(=O)N/N=C(/C)c3ccc(C)cc3)n2-c2ccccc2)cc1. The van der Waals surface area contributed by atoms with Crippen molar-refractivity contribution in [3.8, 4) is 11.4 Å². The van der Waals surface area contributed by atoms with E-state index in [0.29, 0.717) is 11.7 Å². The molecule has 1 aromatic heterocycles. The number of nitrogens with zero attached hydrogens (tertiary/aromatic N) is 4. The number of aryl methyl sites for hydroxylation is 1. The number of carbonyl (C=O) groups excluding carboxylic acids is 1. The van der Waals surface area contributed by atoms with Crippen LogP contribution in [0.4, 0.5) is 5.69 Å². The van der Waals surface area contributed by atoms with Gasteiger partial charge in [-0.1, -0.05) is 59.8 Å². The van der Waals surface area contributed by atoms with Crippen LogP contribution in [0.2, 0.25) is 0 Å². The Morgan fingerprint density at radius 1 is 1.03 bits per heavy atom. The predicted octanol–water partition coefficient (Wildman–Crippen LogP) is 5.22. The summed E-state index contributed by atoms with van der Waals surface area (Å²) in [5.41, 5.74) is 7.42. The Hall–Kier alpha value is -4.11. The van der Waals surface area contributed by atoms with E-state index in [4.69, 9.17) is 4.74 Å². The zero-order chi connectivity index (χ0) is 26.2. The molecule has 0 unspecified atom stereocenters. The first-order valence-electron chi connectivity index (χ1n) is 11.9. The van der Waals surface area contributed by atoms with Crippen molar-refractivity contribution < 1.29 is 9.53 Å². The van der Waals surface area contributed by atoms with E-state index < -0.39 is 5.25 Å². The van der Waals surface area contributed by atoms with Crippen molar-refractivity contribution in [2.45, 2.75) is 37.7 Å². The first-order valence-corrected chi connectivity index (χ1v) is 12.8. The molecule has 4 rings (SSSR count). The number of aromatic nitrogens is 3. The Bertz CT molecular complexity index is 1350. The van der Waals surface area contributed by atoms with Crippen LogP contribution in [0.5, 0.6) is 5.75 Å². The monoisotopic (exact) mass is 514 g/mol. The molecule has 0 aliphatic carbocycles. The number of nitrogens with one attached hydrogen (secondary N) is 2. The van der Waals surface area contributed by atoms with Crippen LogP contribution in [0.25, 0.3) is 5.69 Å². The van der Waals surface area contributed by atoms with Crippen molar-refractivity contribution in [3.05, 3.63) is 95.8 Å². The number of thioether (sulfide) groups is 1. The number of carbonyl (C=O) groups is 1. The highest BCUT2D eigenvalue weighted by atomic mass is 32.2. The highest BCUT2D eigenvalue weighted by molar-refractivity contribution is 8.00. The van der Waals surface area contributed by atoms with Gasteiger partial charge in [-0.25, -0.2) is 5.43 Å². The van der Waals surface area contributed by atoms with Crippen molar-refractivity contribution in [2.75, 3.05) is 12.4 Å². The van der Waals surface area contributed by atoms with Gasteiger partial charge in [0.05, 0.1) is 24.6 Å². The second-order valence-electron chi connectivity index (χ2n) is 8.45. The van der Waals surface area contributed by atoms with Gasteiger partial charge in [-0.2, -0.15) is 5.10 Å². The molecule has 0 spiro atoms. The number of benzene rings is 3. The van der Waals surface area contributed by atoms with Crippen LogP contribution in [0.1, 0.15) is 30.8 Å². The lowest BCUT2D eigenvalue weighted by Crippen LogP contribution is -2.28. The van der Waals surface area contributed by atoms with Crippen LogP contribution in [-0.2, 0) is 11.3 Å². The molecule has 4 aromatic rings. The summed E-state index contributed by atoms with van der Waals surface area (Å²) in [6.45, 7) is 6.19. The van der Waals surface area contributed by atoms with Crippen LogP contribution >= 0.6 is 11.8 Å². The van der Waals surface area contributed by atoms with E-state index in [1.165, 1.54) is 17.3 Å². The van der Waals surface area contributed by atoms with E-state index in [2.05, 4.69) is 26.0 Å². The molecule has 0 aliphatic rings. The molecule has 3 aromatic carbocycles. The van der Waals surface area contributed by atoms with Crippen LogP contribution in [0.3, 0.4) is 0 Å². The fraction of sp³-hybridized carbons (Fsp3) is 0.214. The zero-order valence-electron chi connectivity index (χ0n) is 21.3. The predicted molar refractivity (Wildman–Crippen MR) is 149 cm³/mol. The summed E-state index contributed by atoms with van der Waals surface area (Å²) in [7, 11) is 1.64. The minimum absolute atomic E-state index is 0.211. The Morgan fingerprint density at radius 2 is 1.73 bits per heavy atom. The molecule has 2 N–H and O–H groups in total. The number of hydrogen-bond acceptors (Lipinski definition) is 7. The summed E-state index contributed by atoms with van der Waals surface area (Å²) >= 11 is 1.33. The van der Waals surface area contributed by atoms with E-state index in [1.54, 1.807) is 7.11 Å². The van der Waals surface area contributed by atoms with Crippen molar-refractivity contribution in [1.29, 1.82) is 0 Å². The molecule has 9 heteroatoms. The van der Waals surface area contributed by atoms with Gasteiger partial charge in [-0.05, 0) is 62.7 Å². The largest absolute Gasteiger partial charge is 0.497 e. The number of methoxy groups -OCH3 is 1. The molecule has 0 radical (unpaired) electrons. The van der Waals surface area contributed by atoms with Crippen LogP contribution in [0.15, 0.2) is 89.1 Å². The number of amides is 1. The Balaban J connectivity index is 1.47. The molecule has 190 valence electrons. The molecule has 8 nitrogen and oxygen atoms in total. The van der Waals surface area contributed by atoms with Gasteiger partial charge < -0.3 is 10.1 Å². The molecule has 1 heterocycles. The number of anilines is 1. The lowest BCUT2D eigenvalue weighted by atomic mass is 10.1. The quantitative estimate of drug-likeness (QED) is 0.171. The van der Waals surface area contributed by atoms with Crippen LogP contribution in [0, 0.1) is 6.92 Å². The maximum atomic E-state index is 12.8. The molecule has 0 fully saturated rings. The summed E-state index contributed by atoms with van der Waals surface area (Å²) in [5, 5.41) is 16.7. The van der Waals surface area contributed by atoms with Crippen molar-refractivity contribution >= 4 is 29.1 Å². The van der Waals surface area contributed by atoms with E-state index in [0.717, 1.165) is 34.2 Å². The molecule has 1 amide bonds. The summed E-state index contributed by atoms with van der Waals surface area (Å²) in [6.07, 6.45) is 0.